The van der Waals surface area contributed by atoms with Gasteiger partial charge in [0, 0.05) is 24.4 Å². The lowest BCUT2D eigenvalue weighted by atomic mass is 9.79. The number of aliphatic hydroxyl groups excluding tert-OH is 1. The third-order valence-corrected chi connectivity index (χ3v) is 19.4. The van der Waals surface area contributed by atoms with Gasteiger partial charge in [0.15, 0.2) is 16.6 Å². The van der Waals surface area contributed by atoms with Crippen LogP contribution in [0.1, 0.15) is 74.3 Å². The average molecular weight is 637 g/mol. The number of hydrogen-bond donors (Lipinski definition) is 1. The monoisotopic (exact) mass is 636 g/mol. The van der Waals surface area contributed by atoms with Crippen molar-refractivity contribution in [2.45, 2.75) is 136 Å². The maximum Gasteiger partial charge on any atom is 0.192 e. The van der Waals surface area contributed by atoms with E-state index in [0.29, 0.717) is 19.8 Å². The Labute approximate surface area is 266 Å². The van der Waals surface area contributed by atoms with Crippen molar-refractivity contribution in [1.29, 1.82) is 0 Å². The highest BCUT2D eigenvalue weighted by Gasteiger charge is 2.64. The van der Waals surface area contributed by atoms with Gasteiger partial charge < -0.3 is 28.2 Å². The largest absolute Gasteiger partial charge is 0.497 e. The van der Waals surface area contributed by atoms with E-state index in [9.17, 15) is 5.11 Å². The molecule has 1 aromatic rings. The molecule has 1 unspecified atom stereocenters. The summed E-state index contributed by atoms with van der Waals surface area (Å²) in [5.41, 5.74) is 0.535. The molecule has 1 aromatic carbocycles. The van der Waals surface area contributed by atoms with Crippen LogP contribution in [0.3, 0.4) is 0 Å². The lowest BCUT2D eigenvalue weighted by Gasteiger charge is -2.46. The van der Waals surface area contributed by atoms with Gasteiger partial charge in [-0.25, -0.2) is 0 Å². The summed E-state index contributed by atoms with van der Waals surface area (Å²) in [6, 6.07) is 7.97. The van der Waals surface area contributed by atoms with Crippen LogP contribution in [0, 0.1) is 17.8 Å². The molecule has 0 aromatic heterocycles. The van der Waals surface area contributed by atoms with Crippen LogP contribution in [-0.2, 0) is 24.9 Å². The van der Waals surface area contributed by atoms with Crippen LogP contribution in [0.25, 0.3) is 0 Å². The summed E-state index contributed by atoms with van der Waals surface area (Å²) in [4.78, 5) is 0. The number of epoxide rings is 1. The first kappa shape index (κ1) is 38.2. The number of ether oxygens (including phenoxy) is 3. The number of aliphatic hydroxyl groups is 1. The molecule has 248 valence electrons. The maximum absolute atomic E-state index is 12.0. The van der Waals surface area contributed by atoms with Crippen molar-refractivity contribution in [1.82, 2.24) is 0 Å². The van der Waals surface area contributed by atoms with Gasteiger partial charge in [-0.1, -0.05) is 73.6 Å². The van der Waals surface area contributed by atoms with E-state index in [1.165, 1.54) is 0 Å². The van der Waals surface area contributed by atoms with E-state index in [1.807, 2.05) is 30.3 Å². The van der Waals surface area contributed by atoms with Gasteiger partial charge in [0.1, 0.15) is 11.4 Å². The molecule has 0 aliphatic carbocycles. The number of benzene rings is 1. The Kier molecular flexibility index (Phi) is 13.0. The Hall–Kier alpha value is -1.01. The molecule has 8 heteroatoms. The minimum absolute atomic E-state index is 0.00251. The van der Waals surface area contributed by atoms with E-state index in [2.05, 4.69) is 95.1 Å². The maximum atomic E-state index is 12.0. The first-order valence-electron chi connectivity index (χ1n) is 16.2. The van der Waals surface area contributed by atoms with E-state index in [-0.39, 0.29) is 40.0 Å². The molecule has 6 nitrogen and oxygen atoms in total. The van der Waals surface area contributed by atoms with E-state index in [1.54, 1.807) is 7.11 Å². The predicted octanol–water partition coefficient (Wildman–Crippen LogP) is 8.61. The van der Waals surface area contributed by atoms with Crippen LogP contribution in [0.4, 0.5) is 0 Å². The number of rotatable bonds is 17. The molecule has 0 radical (unpaired) electrons. The second-order valence-corrected chi connectivity index (χ2v) is 25.5. The zero-order valence-corrected chi connectivity index (χ0v) is 31.9. The number of methoxy groups -OCH3 is 1. The van der Waals surface area contributed by atoms with Crippen molar-refractivity contribution in [3.05, 3.63) is 42.5 Å². The smallest absolute Gasteiger partial charge is 0.192 e. The molecule has 0 amide bonds. The van der Waals surface area contributed by atoms with Gasteiger partial charge in [-0.15, -0.1) is 6.58 Å². The van der Waals surface area contributed by atoms with Crippen molar-refractivity contribution < 1.29 is 28.2 Å². The summed E-state index contributed by atoms with van der Waals surface area (Å²) < 4.78 is 32.2. The molecular weight excluding hydrogens is 573 g/mol. The van der Waals surface area contributed by atoms with Gasteiger partial charge in [-0.3, -0.25) is 0 Å². The van der Waals surface area contributed by atoms with Crippen LogP contribution >= 0.6 is 0 Å². The summed E-state index contributed by atoms with van der Waals surface area (Å²) in [5, 5.41) is 12.0. The van der Waals surface area contributed by atoms with Gasteiger partial charge in [-0.05, 0) is 67.3 Å². The molecular formula is C35H64O6Si2. The highest BCUT2D eigenvalue weighted by Crippen LogP contribution is 2.51. The van der Waals surface area contributed by atoms with Crippen LogP contribution < -0.4 is 4.74 Å². The summed E-state index contributed by atoms with van der Waals surface area (Å²) in [6.45, 7) is 34.7. The van der Waals surface area contributed by atoms with Gasteiger partial charge in [0.25, 0.3) is 0 Å². The van der Waals surface area contributed by atoms with E-state index < -0.39 is 28.3 Å². The molecule has 0 saturated carbocycles. The molecule has 43 heavy (non-hydrogen) atoms. The lowest BCUT2D eigenvalue weighted by molar-refractivity contribution is -0.0538. The molecule has 1 fully saturated rings. The molecule has 7 atom stereocenters. The van der Waals surface area contributed by atoms with Gasteiger partial charge in [-0.2, -0.15) is 0 Å². The zero-order valence-electron chi connectivity index (χ0n) is 29.9. The highest BCUT2D eigenvalue weighted by molar-refractivity contribution is 6.74. The fourth-order valence-electron chi connectivity index (χ4n) is 5.20. The van der Waals surface area contributed by atoms with Crippen molar-refractivity contribution in [2.24, 2.45) is 17.8 Å². The van der Waals surface area contributed by atoms with Crippen molar-refractivity contribution >= 4 is 16.6 Å². The number of hydrogen-bond acceptors (Lipinski definition) is 6. The minimum atomic E-state index is -2.26. The molecule has 1 N–H and O–H groups in total. The quantitative estimate of drug-likeness (QED) is 0.105. The Bertz CT molecular complexity index is 1010. The summed E-state index contributed by atoms with van der Waals surface area (Å²) in [7, 11) is -2.68. The van der Waals surface area contributed by atoms with Crippen molar-refractivity contribution in [3.63, 3.8) is 0 Å². The predicted molar refractivity (Wildman–Crippen MR) is 184 cm³/mol. The molecule has 1 aliphatic rings. The Morgan fingerprint density at radius 1 is 1.00 bits per heavy atom. The normalized spacial score (nSPS) is 23.3. The van der Waals surface area contributed by atoms with E-state index >= 15 is 0 Å². The molecule has 0 spiro atoms. The van der Waals surface area contributed by atoms with E-state index in [0.717, 1.165) is 17.7 Å². The fourth-order valence-corrected chi connectivity index (χ4v) is 7.64. The van der Waals surface area contributed by atoms with E-state index in [4.69, 9.17) is 23.1 Å². The minimum Gasteiger partial charge on any atom is -0.497 e. The molecule has 2 rings (SSSR count). The zero-order chi connectivity index (χ0) is 33.0. The third kappa shape index (κ3) is 9.50. The van der Waals surface area contributed by atoms with Gasteiger partial charge >= 0.3 is 0 Å². The average Bonchev–Trinajstić information content (AvgIpc) is 3.60. The second-order valence-electron chi connectivity index (χ2n) is 15.9. The molecule has 0 bridgehead atoms. The Morgan fingerprint density at radius 3 is 2.02 bits per heavy atom. The molecule has 1 saturated heterocycles. The van der Waals surface area contributed by atoms with Crippen molar-refractivity contribution in [3.8, 4) is 5.75 Å². The van der Waals surface area contributed by atoms with Gasteiger partial charge in [0.2, 0.25) is 0 Å². The lowest BCUT2D eigenvalue weighted by Crippen LogP contribution is -2.56. The highest BCUT2D eigenvalue weighted by atomic mass is 28.4. The molecule has 1 heterocycles. The Balaban J connectivity index is 2.37. The van der Waals surface area contributed by atoms with Crippen LogP contribution in [-0.4, -0.2) is 66.0 Å². The Morgan fingerprint density at radius 2 is 1.56 bits per heavy atom. The SMILES string of the molecule is C=C[C@@H](CC)[C@@H](O)[C@H](CO[Si](C)(C)C(C)(C)C)[C@H](O[Si](C)(C)C(C)(C)C)C1(C)O[C@@H]1[C@@H](C)COCc1ccc(OC)cc1. The summed E-state index contributed by atoms with van der Waals surface area (Å²) in [6.07, 6.45) is 1.63. The molecule has 1 aliphatic heterocycles. The summed E-state index contributed by atoms with van der Waals surface area (Å²) in [5.74, 6) is 0.649. The topological polar surface area (TPSA) is 69.7 Å². The standard InChI is InChI=1S/C35H64O6Si2/c1-16-27(17-2)30(36)29(24-39-42(12,13)33(4,5)6)32(41-43(14,15)34(7,8)9)35(10)31(40-35)25(3)22-38-23-26-18-20-28(37-11)21-19-26/h16,18-21,25,27,29-32,36H,1,17,22-24H2,2-15H3/t25-,27-,29-,30+,31+,32-,35?/m0/s1. The first-order valence-corrected chi connectivity index (χ1v) is 22.0. The fraction of sp³-hybridized carbons (Fsp3) is 0.771. The van der Waals surface area contributed by atoms with Crippen LogP contribution in [0.15, 0.2) is 36.9 Å². The second kappa shape index (κ2) is 14.6. The third-order valence-electron chi connectivity index (χ3n) is 10.5. The van der Waals surface area contributed by atoms with Crippen LogP contribution in [0.5, 0.6) is 5.75 Å². The van der Waals surface area contributed by atoms with Crippen LogP contribution in [0.2, 0.25) is 36.3 Å². The van der Waals surface area contributed by atoms with Gasteiger partial charge in [0.05, 0.1) is 38.6 Å². The summed E-state index contributed by atoms with van der Waals surface area (Å²) >= 11 is 0. The van der Waals surface area contributed by atoms with Crippen molar-refractivity contribution in [2.75, 3.05) is 20.3 Å². The first-order chi connectivity index (χ1) is 19.6.